The van der Waals surface area contributed by atoms with Gasteiger partial charge in [0, 0.05) is 5.39 Å². The molecule has 0 aliphatic heterocycles. The van der Waals surface area contributed by atoms with Crippen molar-refractivity contribution in [3.05, 3.63) is 35.6 Å². The van der Waals surface area contributed by atoms with Gasteiger partial charge in [0.1, 0.15) is 5.58 Å². The number of rotatable bonds is 2. The molecule has 0 saturated heterocycles. The SMILES string of the molecule is Cc1coc2cc(C(O)C(=O)O)ccc12. The van der Waals surface area contributed by atoms with Crippen LogP contribution in [0, 0.1) is 6.92 Å². The van der Waals surface area contributed by atoms with Gasteiger partial charge < -0.3 is 14.6 Å². The molecule has 0 radical (unpaired) electrons. The van der Waals surface area contributed by atoms with E-state index >= 15 is 0 Å². The van der Waals surface area contributed by atoms with E-state index in [1.807, 2.05) is 6.92 Å². The van der Waals surface area contributed by atoms with Gasteiger partial charge in [0.25, 0.3) is 0 Å². The van der Waals surface area contributed by atoms with Gasteiger partial charge in [-0.15, -0.1) is 0 Å². The zero-order valence-corrected chi connectivity index (χ0v) is 8.10. The molecule has 1 unspecified atom stereocenters. The Morgan fingerprint density at radius 2 is 2.20 bits per heavy atom. The van der Waals surface area contributed by atoms with Crippen molar-refractivity contribution in [1.29, 1.82) is 0 Å². The van der Waals surface area contributed by atoms with E-state index in [0.29, 0.717) is 11.1 Å². The third kappa shape index (κ3) is 1.59. The molecule has 15 heavy (non-hydrogen) atoms. The number of carbonyl (C=O) groups is 1. The first-order chi connectivity index (χ1) is 7.09. The lowest BCUT2D eigenvalue weighted by molar-refractivity contribution is -0.146. The van der Waals surface area contributed by atoms with Crippen molar-refractivity contribution in [2.24, 2.45) is 0 Å². The van der Waals surface area contributed by atoms with Gasteiger partial charge in [-0.1, -0.05) is 12.1 Å². The van der Waals surface area contributed by atoms with Gasteiger partial charge in [-0.2, -0.15) is 0 Å². The zero-order valence-electron chi connectivity index (χ0n) is 8.10. The summed E-state index contributed by atoms with van der Waals surface area (Å²) in [5.74, 6) is -1.27. The Kier molecular flexibility index (Phi) is 2.21. The first kappa shape index (κ1) is 9.73. The maximum absolute atomic E-state index is 10.6. The third-order valence-electron chi connectivity index (χ3n) is 2.34. The minimum atomic E-state index is -1.50. The molecule has 0 spiro atoms. The van der Waals surface area contributed by atoms with E-state index in [1.54, 1.807) is 24.5 Å². The molecule has 1 aromatic heterocycles. The van der Waals surface area contributed by atoms with Crippen LogP contribution in [0.2, 0.25) is 0 Å². The number of aliphatic hydroxyl groups excluding tert-OH is 1. The van der Waals surface area contributed by atoms with Crippen molar-refractivity contribution in [3.8, 4) is 0 Å². The number of benzene rings is 1. The van der Waals surface area contributed by atoms with Crippen LogP contribution >= 0.6 is 0 Å². The number of furan rings is 1. The van der Waals surface area contributed by atoms with Crippen LogP contribution in [0.25, 0.3) is 11.0 Å². The first-order valence-electron chi connectivity index (χ1n) is 4.48. The van der Waals surface area contributed by atoms with Crippen LogP contribution in [0.3, 0.4) is 0 Å². The largest absolute Gasteiger partial charge is 0.479 e. The highest BCUT2D eigenvalue weighted by Crippen LogP contribution is 2.24. The summed E-state index contributed by atoms with van der Waals surface area (Å²) in [5.41, 5.74) is 1.90. The lowest BCUT2D eigenvalue weighted by atomic mass is 10.1. The summed E-state index contributed by atoms with van der Waals surface area (Å²) in [4.78, 5) is 10.6. The molecule has 0 aliphatic carbocycles. The fourth-order valence-corrected chi connectivity index (χ4v) is 1.49. The predicted octanol–water partition coefficient (Wildman–Crippen LogP) is 1.86. The second kappa shape index (κ2) is 3.40. The summed E-state index contributed by atoms with van der Waals surface area (Å²) >= 11 is 0. The van der Waals surface area contributed by atoms with Crippen LogP contribution in [0.4, 0.5) is 0 Å². The summed E-state index contributed by atoms with van der Waals surface area (Å²) in [6.45, 7) is 1.90. The molecule has 1 atom stereocenters. The average Bonchev–Trinajstić information content (AvgIpc) is 2.59. The Balaban J connectivity index is 2.52. The number of hydrogen-bond donors (Lipinski definition) is 2. The quantitative estimate of drug-likeness (QED) is 0.786. The molecule has 78 valence electrons. The number of aliphatic carboxylic acids is 1. The molecule has 0 saturated carbocycles. The van der Waals surface area contributed by atoms with Crippen molar-refractivity contribution in [2.45, 2.75) is 13.0 Å². The van der Waals surface area contributed by atoms with E-state index in [-0.39, 0.29) is 0 Å². The Morgan fingerprint density at radius 3 is 2.87 bits per heavy atom. The molecular formula is C11H10O4. The third-order valence-corrected chi connectivity index (χ3v) is 2.34. The standard InChI is InChI=1S/C11H10O4/c1-6-5-15-9-4-7(2-3-8(6)9)10(12)11(13)14/h2-5,10,12H,1H3,(H,13,14). The highest BCUT2D eigenvalue weighted by atomic mass is 16.4. The van der Waals surface area contributed by atoms with E-state index in [4.69, 9.17) is 9.52 Å². The van der Waals surface area contributed by atoms with Crippen LogP contribution in [0.15, 0.2) is 28.9 Å². The number of carboxylic acids is 1. The predicted molar refractivity (Wildman–Crippen MR) is 53.5 cm³/mol. The molecule has 1 aromatic carbocycles. The fourth-order valence-electron chi connectivity index (χ4n) is 1.49. The second-order valence-electron chi connectivity index (χ2n) is 3.42. The van der Waals surface area contributed by atoms with E-state index < -0.39 is 12.1 Å². The lowest BCUT2D eigenvalue weighted by Gasteiger charge is -2.04. The molecule has 2 aromatic rings. The van der Waals surface area contributed by atoms with Crippen molar-refractivity contribution >= 4 is 16.9 Å². The van der Waals surface area contributed by atoms with Gasteiger partial charge in [-0.05, 0) is 24.1 Å². The Morgan fingerprint density at radius 1 is 1.47 bits per heavy atom. The van der Waals surface area contributed by atoms with Gasteiger partial charge in [0.2, 0.25) is 0 Å². The van der Waals surface area contributed by atoms with Crippen molar-refractivity contribution < 1.29 is 19.4 Å². The Labute approximate surface area is 85.8 Å². The molecule has 2 rings (SSSR count). The molecule has 2 N–H and O–H groups in total. The van der Waals surface area contributed by atoms with Gasteiger partial charge >= 0.3 is 5.97 Å². The fraction of sp³-hybridized carbons (Fsp3) is 0.182. The summed E-state index contributed by atoms with van der Waals surface area (Å²) in [5, 5.41) is 18.9. The Bertz CT molecular complexity index is 512. The minimum absolute atomic E-state index is 0.323. The molecule has 0 aliphatic rings. The maximum atomic E-state index is 10.6. The zero-order chi connectivity index (χ0) is 11.0. The van der Waals surface area contributed by atoms with Crippen LogP contribution < -0.4 is 0 Å². The molecular weight excluding hydrogens is 196 g/mol. The number of aryl methyl sites for hydroxylation is 1. The van der Waals surface area contributed by atoms with Crippen LogP contribution in [0.5, 0.6) is 0 Å². The van der Waals surface area contributed by atoms with Gasteiger partial charge in [0.15, 0.2) is 6.10 Å². The van der Waals surface area contributed by atoms with Crippen molar-refractivity contribution in [2.75, 3.05) is 0 Å². The maximum Gasteiger partial charge on any atom is 0.337 e. The van der Waals surface area contributed by atoms with E-state index in [1.165, 1.54) is 0 Å². The Hall–Kier alpha value is -1.81. The molecule has 0 fully saturated rings. The van der Waals surface area contributed by atoms with Crippen LogP contribution in [0.1, 0.15) is 17.2 Å². The normalized spacial score (nSPS) is 12.9. The number of carboxylic acid groups (broad SMARTS) is 1. The molecule has 4 nitrogen and oxygen atoms in total. The van der Waals surface area contributed by atoms with Crippen molar-refractivity contribution in [3.63, 3.8) is 0 Å². The molecule has 0 amide bonds. The summed E-state index contributed by atoms with van der Waals surface area (Å²) in [7, 11) is 0. The first-order valence-corrected chi connectivity index (χ1v) is 4.48. The van der Waals surface area contributed by atoms with Crippen LogP contribution in [-0.4, -0.2) is 16.2 Å². The van der Waals surface area contributed by atoms with Gasteiger partial charge in [-0.3, -0.25) is 0 Å². The smallest absolute Gasteiger partial charge is 0.337 e. The average molecular weight is 206 g/mol. The van der Waals surface area contributed by atoms with E-state index in [0.717, 1.165) is 10.9 Å². The van der Waals surface area contributed by atoms with Gasteiger partial charge in [0.05, 0.1) is 6.26 Å². The summed E-state index contributed by atoms with van der Waals surface area (Å²) < 4.78 is 5.22. The lowest BCUT2D eigenvalue weighted by Crippen LogP contribution is -2.09. The number of hydrogen-bond acceptors (Lipinski definition) is 3. The summed E-state index contributed by atoms with van der Waals surface area (Å²) in [6.07, 6.45) is 0.0986. The number of aliphatic hydroxyl groups is 1. The summed E-state index contributed by atoms with van der Waals surface area (Å²) in [6, 6.07) is 4.88. The minimum Gasteiger partial charge on any atom is -0.479 e. The molecule has 0 bridgehead atoms. The second-order valence-corrected chi connectivity index (χ2v) is 3.42. The highest BCUT2D eigenvalue weighted by Gasteiger charge is 2.16. The van der Waals surface area contributed by atoms with Gasteiger partial charge in [-0.25, -0.2) is 4.79 Å². The monoisotopic (exact) mass is 206 g/mol. The highest BCUT2D eigenvalue weighted by molar-refractivity contribution is 5.83. The topological polar surface area (TPSA) is 70.7 Å². The molecule has 1 heterocycles. The number of fused-ring (bicyclic) bond motifs is 1. The van der Waals surface area contributed by atoms with Crippen molar-refractivity contribution in [1.82, 2.24) is 0 Å². The van der Waals surface area contributed by atoms with E-state index in [2.05, 4.69) is 0 Å². The molecule has 4 heteroatoms. The van der Waals surface area contributed by atoms with E-state index in [9.17, 15) is 9.90 Å². The van der Waals surface area contributed by atoms with Crippen LogP contribution in [-0.2, 0) is 4.79 Å².